The number of hydrogen-bond acceptors (Lipinski definition) is 3. The normalized spacial score (nSPS) is 12.6. The fourth-order valence-electron chi connectivity index (χ4n) is 1.85. The first kappa shape index (κ1) is 12.3. The van der Waals surface area contributed by atoms with Gasteiger partial charge in [0.1, 0.15) is 11.9 Å². The predicted octanol–water partition coefficient (Wildman–Crippen LogP) is 2.22. The number of hydrazine groups is 1. The van der Waals surface area contributed by atoms with Crippen molar-refractivity contribution in [2.24, 2.45) is 5.84 Å². The van der Waals surface area contributed by atoms with Crippen LogP contribution >= 0.6 is 15.9 Å². The monoisotopic (exact) mass is 294 g/mol. The average Bonchev–Trinajstić information content (AvgIpc) is 2.78. The fraction of sp³-hybridized carbons (Fsp3) is 0.250. The summed E-state index contributed by atoms with van der Waals surface area (Å²) in [7, 11) is 0. The third-order valence-electron chi connectivity index (χ3n) is 2.70. The summed E-state index contributed by atoms with van der Waals surface area (Å²) in [5.74, 6) is 6.58. The highest BCUT2D eigenvalue weighted by atomic mass is 79.9. The molecule has 0 aliphatic heterocycles. The Kier molecular flexibility index (Phi) is 3.93. The van der Waals surface area contributed by atoms with Crippen LogP contribution in [0.15, 0.2) is 41.1 Å². The smallest absolute Gasteiger partial charge is 0.131 e. The topological polar surface area (TPSA) is 55.9 Å². The molecule has 17 heavy (non-hydrogen) atoms. The summed E-state index contributed by atoms with van der Waals surface area (Å²) in [5, 5.41) is 0. The molecule has 1 atom stereocenters. The highest BCUT2D eigenvalue weighted by Crippen LogP contribution is 2.22. The van der Waals surface area contributed by atoms with Gasteiger partial charge in [0.15, 0.2) is 0 Å². The summed E-state index contributed by atoms with van der Waals surface area (Å²) in [6, 6.07) is 7.96. The Balaban J connectivity index is 2.40. The van der Waals surface area contributed by atoms with Gasteiger partial charge < -0.3 is 4.57 Å². The van der Waals surface area contributed by atoms with Crippen molar-refractivity contribution in [1.82, 2.24) is 15.0 Å². The first-order chi connectivity index (χ1) is 8.26. The first-order valence-electron chi connectivity index (χ1n) is 5.49. The molecule has 0 amide bonds. The van der Waals surface area contributed by atoms with Gasteiger partial charge in [0.2, 0.25) is 0 Å². The molecule has 1 aromatic carbocycles. The second-order valence-electron chi connectivity index (χ2n) is 3.73. The van der Waals surface area contributed by atoms with E-state index in [1.165, 1.54) is 0 Å². The van der Waals surface area contributed by atoms with Crippen LogP contribution in [0.3, 0.4) is 0 Å². The zero-order valence-electron chi connectivity index (χ0n) is 9.60. The van der Waals surface area contributed by atoms with Crippen LogP contribution in [0.25, 0.3) is 0 Å². The van der Waals surface area contributed by atoms with Crippen LogP contribution in [0.5, 0.6) is 0 Å². The van der Waals surface area contributed by atoms with E-state index in [2.05, 4.69) is 37.8 Å². The van der Waals surface area contributed by atoms with Crippen LogP contribution in [0.2, 0.25) is 0 Å². The van der Waals surface area contributed by atoms with Crippen LogP contribution in [0, 0.1) is 0 Å². The van der Waals surface area contributed by atoms with Crippen molar-refractivity contribution in [3.8, 4) is 0 Å². The van der Waals surface area contributed by atoms with E-state index in [0.29, 0.717) is 0 Å². The van der Waals surface area contributed by atoms with Gasteiger partial charge in [-0.1, -0.05) is 28.1 Å². The van der Waals surface area contributed by atoms with E-state index in [1.54, 1.807) is 6.20 Å². The Hall–Kier alpha value is -1.17. The number of nitrogens with one attached hydrogen (secondary N) is 1. The van der Waals surface area contributed by atoms with Crippen LogP contribution in [-0.2, 0) is 6.54 Å². The van der Waals surface area contributed by atoms with Crippen molar-refractivity contribution in [2.75, 3.05) is 0 Å². The second-order valence-corrected chi connectivity index (χ2v) is 4.64. The Morgan fingerprint density at radius 1 is 1.53 bits per heavy atom. The maximum Gasteiger partial charge on any atom is 0.131 e. The van der Waals surface area contributed by atoms with E-state index in [-0.39, 0.29) is 6.04 Å². The van der Waals surface area contributed by atoms with Crippen molar-refractivity contribution >= 4 is 15.9 Å². The Labute approximate surface area is 109 Å². The maximum atomic E-state index is 5.65. The molecule has 0 aliphatic carbocycles. The molecular weight excluding hydrogens is 280 g/mol. The molecule has 0 bridgehead atoms. The summed E-state index contributed by atoms with van der Waals surface area (Å²) in [4.78, 5) is 4.37. The van der Waals surface area contributed by atoms with Gasteiger partial charge in [0, 0.05) is 23.4 Å². The molecule has 3 N–H and O–H groups in total. The molecule has 1 unspecified atom stereocenters. The van der Waals surface area contributed by atoms with Crippen LogP contribution in [0.1, 0.15) is 24.4 Å². The number of rotatable bonds is 4. The molecule has 0 radical (unpaired) electrons. The number of imidazole rings is 1. The number of benzene rings is 1. The molecule has 90 valence electrons. The predicted molar refractivity (Wildman–Crippen MR) is 71.2 cm³/mol. The maximum absolute atomic E-state index is 5.65. The summed E-state index contributed by atoms with van der Waals surface area (Å²) >= 11 is 3.46. The number of aryl methyl sites for hydroxylation is 1. The zero-order chi connectivity index (χ0) is 12.3. The Bertz CT molecular complexity index is 495. The van der Waals surface area contributed by atoms with Crippen molar-refractivity contribution < 1.29 is 0 Å². The van der Waals surface area contributed by atoms with Crippen LogP contribution in [0.4, 0.5) is 0 Å². The van der Waals surface area contributed by atoms with Gasteiger partial charge in [0.05, 0.1) is 0 Å². The molecular formula is C12H15BrN4. The van der Waals surface area contributed by atoms with Crippen molar-refractivity contribution in [3.05, 3.63) is 52.5 Å². The standard InChI is InChI=1S/C12H15BrN4/c1-2-17-7-6-15-12(17)11(16-14)9-4-3-5-10(13)8-9/h3-8,11,16H,2,14H2,1H3. The highest BCUT2D eigenvalue weighted by molar-refractivity contribution is 9.10. The van der Waals surface area contributed by atoms with Crippen LogP contribution in [-0.4, -0.2) is 9.55 Å². The lowest BCUT2D eigenvalue weighted by molar-refractivity contribution is 0.561. The van der Waals surface area contributed by atoms with Gasteiger partial charge in [-0.05, 0) is 24.6 Å². The van der Waals surface area contributed by atoms with E-state index in [4.69, 9.17) is 5.84 Å². The minimum atomic E-state index is -0.0950. The van der Waals surface area contributed by atoms with Crippen molar-refractivity contribution in [2.45, 2.75) is 19.5 Å². The molecule has 4 nitrogen and oxygen atoms in total. The first-order valence-corrected chi connectivity index (χ1v) is 6.28. The fourth-order valence-corrected chi connectivity index (χ4v) is 2.27. The number of nitrogens with zero attached hydrogens (tertiary/aromatic N) is 2. The van der Waals surface area contributed by atoms with E-state index >= 15 is 0 Å². The SMILES string of the molecule is CCn1ccnc1C(NN)c1cccc(Br)c1. The molecule has 0 aliphatic rings. The van der Waals surface area contributed by atoms with Crippen molar-refractivity contribution in [3.63, 3.8) is 0 Å². The third kappa shape index (κ3) is 2.57. The quantitative estimate of drug-likeness (QED) is 0.671. The third-order valence-corrected chi connectivity index (χ3v) is 3.19. The molecule has 5 heteroatoms. The molecule has 1 heterocycles. The lowest BCUT2D eigenvalue weighted by Crippen LogP contribution is -2.31. The van der Waals surface area contributed by atoms with Gasteiger partial charge in [-0.25, -0.2) is 10.4 Å². The summed E-state index contributed by atoms with van der Waals surface area (Å²) in [6.07, 6.45) is 3.75. The molecule has 0 saturated heterocycles. The largest absolute Gasteiger partial charge is 0.334 e. The number of hydrogen-bond donors (Lipinski definition) is 2. The lowest BCUT2D eigenvalue weighted by Gasteiger charge is -2.17. The molecule has 2 aromatic rings. The number of aromatic nitrogens is 2. The van der Waals surface area contributed by atoms with E-state index < -0.39 is 0 Å². The Morgan fingerprint density at radius 3 is 3.00 bits per heavy atom. The van der Waals surface area contributed by atoms with Crippen molar-refractivity contribution in [1.29, 1.82) is 0 Å². The number of nitrogens with two attached hydrogens (primary N) is 1. The average molecular weight is 295 g/mol. The van der Waals surface area contributed by atoms with Gasteiger partial charge in [0.25, 0.3) is 0 Å². The molecule has 2 rings (SSSR count). The molecule has 0 spiro atoms. The van der Waals surface area contributed by atoms with E-state index in [0.717, 1.165) is 22.4 Å². The minimum Gasteiger partial charge on any atom is -0.334 e. The second kappa shape index (κ2) is 5.44. The molecule has 0 fully saturated rings. The van der Waals surface area contributed by atoms with Gasteiger partial charge in [-0.15, -0.1) is 0 Å². The van der Waals surface area contributed by atoms with Crippen LogP contribution < -0.4 is 11.3 Å². The van der Waals surface area contributed by atoms with Gasteiger partial charge in [-0.2, -0.15) is 0 Å². The minimum absolute atomic E-state index is 0.0950. The highest BCUT2D eigenvalue weighted by Gasteiger charge is 2.17. The summed E-state index contributed by atoms with van der Waals surface area (Å²) in [5.41, 5.74) is 3.90. The summed E-state index contributed by atoms with van der Waals surface area (Å²) < 4.78 is 3.11. The number of halogens is 1. The lowest BCUT2D eigenvalue weighted by atomic mass is 10.1. The van der Waals surface area contributed by atoms with E-state index in [9.17, 15) is 0 Å². The summed E-state index contributed by atoms with van der Waals surface area (Å²) in [6.45, 7) is 2.96. The van der Waals surface area contributed by atoms with Gasteiger partial charge in [-0.3, -0.25) is 5.84 Å². The molecule has 0 saturated carbocycles. The molecule has 1 aromatic heterocycles. The zero-order valence-corrected chi connectivity index (χ0v) is 11.2. The Morgan fingerprint density at radius 2 is 2.35 bits per heavy atom. The van der Waals surface area contributed by atoms with Gasteiger partial charge >= 0.3 is 0 Å². The van der Waals surface area contributed by atoms with E-state index in [1.807, 2.05) is 30.5 Å².